The molecule has 0 N–H and O–H groups in total. The zero-order valence-corrected chi connectivity index (χ0v) is 7.81. The number of rotatable bonds is 1. The van der Waals surface area contributed by atoms with E-state index in [1.54, 1.807) is 23.1 Å². The van der Waals surface area contributed by atoms with Gasteiger partial charge in [-0.05, 0) is 6.26 Å². The molecule has 0 aliphatic carbocycles. The molecule has 0 aromatic carbocycles. The second-order valence-electron chi connectivity index (χ2n) is 1.72. The maximum Gasteiger partial charge on any atom is 0.152 e. The lowest BCUT2D eigenvalue weighted by Crippen LogP contribution is -2.17. The van der Waals surface area contributed by atoms with Crippen LogP contribution in [-0.4, -0.2) is 11.2 Å². The molecular weight excluding hydrogens is 174 g/mol. The molecule has 1 heterocycles. The summed E-state index contributed by atoms with van der Waals surface area (Å²) >= 11 is 3.17. The highest BCUT2D eigenvalue weighted by Gasteiger charge is 1.94. The molecule has 0 saturated heterocycles. The topological polar surface area (TPSA) is 12.9 Å². The van der Waals surface area contributed by atoms with Gasteiger partial charge in [-0.3, -0.25) is 0 Å². The van der Waals surface area contributed by atoms with E-state index in [0.717, 1.165) is 14.2 Å². The molecule has 0 atom stereocenters. The van der Waals surface area contributed by atoms with Gasteiger partial charge in [-0.25, -0.2) is 4.98 Å². The van der Waals surface area contributed by atoms with Crippen LogP contribution < -0.4 is 9.88 Å². The van der Waals surface area contributed by atoms with Crippen LogP contribution in [0, 0.1) is 0 Å². The van der Waals surface area contributed by atoms with Gasteiger partial charge in [-0.1, -0.05) is 42.0 Å². The largest absolute Gasteiger partial charge is 0.221 e. The van der Waals surface area contributed by atoms with Crippen LogP contribution in [0.4, 0.5) is 0 Å². The number of aromatic nitrogens is 1. The molecule has 0 saturated carbocycles. The molecule has 0 spiro atoms. The van der Waals surface area contributed by atoms with Gasteiger partial charge in [0.05, 0.1) is 0 Å². The van der Waals surface area contributed by atoms with Crippen molar-refractivity contribution in [1.29, 1.82) is 0 Å². The van der Waals surface area contributed by atoms with E-state index in [0.29, 0.717) is 0 Å². The summed E-state index contributed by atoms with van der Waals surface area (Å²) in [6, 6.07) is 0. The maximum absolute atomic E-state index is 4.22. The molecular formula is C8H7NS2. The number of thiazole rings is 1. The average molecular weight is 181 g/mol. The molecule has 1 aromatic rings. The van der Waals surface area contributed by atoms with E-state index in [9.17, 15) is 0 Å². The Hall–Kier alpha value is -0.720. The molecule has 0 unspecified atom stereocenters. The van der Waals surface area contributed by atoms with Crippen LogP contribution in [0.5, 0.6) is 0 Å². The highest BCUT2D eigenvalue weighted by molar-refractivity contribution is 8.00. The van der Waals surface area contributed by atoms with Gasteiger partial charge in [-0.2, -0.15) is 0 Å². The highest BCUT2D eigenvalue weighted by Crippen LogP contribution is 2.10. The van der Waals surface area contributed by atoms with Crippen LogP contribution in [-0.2, 0) is 0 Å². The predicted molar refractivity (Wildman–Crippen MR) is 51.2 cm³/mol. The molecule has 0 radical (unpaired) electrons. The summed E-state index contributed by atoms with van der Waals surface area (Å²) < 4.78 is 1.92. The third kappa shape index (κ3) is 1.65. The third-order valence-corrected chi connectivity index (χ3v) is 3.11. The van der Waals surface area contributed by atoms with E-state index in [2.05, 4.69) is 29.6 Å². The zero-order chi connectivity index (χ0) is 8.27. The molecule has 3 heteroatoms. The lowest BCUT2D eigenvalue weighted by Gasteiger charge is -1.77. The van der Waals surface area contributed by atoms with Crippen molar-refractivity contribution in [2.45, 2.75) is 4.34 Å². The molecule has 0 bridgehead atoms. The van der Waals surface area contributed by atoms with E-state index in [-0.39, 0.29) is 0 Å². The maximum atomic E-state index is 4.22. The van der Waals surface area contributed by atoms with Crippen LogP contribution in [0.3, 0.4) is 0 Å². The van der Waals surface area contributed by atoms with Gasteiger partial charge in [-0.15, -0.1) is 5.73 Å². The standard InChI is InChI=1S/C8H7NS2/c1-4-6-7(5-2)11-8(9-6)10-3/h1-2H2,3H3. The first-order valence-corrected chi connectivity index (χ1v) is 4.97. The first kappa shape index (κ1) is 8.38. The summed E-state index contributed by atoms with van der Waals surface area (Å²) in [7, 11) is 0. The second-order valence-corrected chi connectivity index (χ2v) is 3.77. The summed E-state index contributed by atoms with van der Waals surface area (Å²) in [5.41, 5.74) is 5.53. The molecule has 0 fully saturated rings. The van der Waals surface area contributed by atoms with Crippen molar-refractivity contribution < 1.29 is 0 Å². The third-order valence-electron chi connectivity index (χ3n) is 1.11. The van der Waals surface area contributed by atoms with E-state index in [4.69, 9.17) is 0 Å². The van der Waals surface area contributed by atoms with Crippen LogP contribution in [0.1, 0.15) is 0 Å². The molecule has 1 aromatic heterocycles. The molecule has 11 heavy (non-hydrogen) atoms. The number of thioether (sulfide) groups is 1. The molecule has 0 amide bonds. The van der Waals surface area contributed by atoms with Gasteiger partial charge < -0.3 is 0 Å². The zero-order valence-electron chi connectivity index (χ0n) is 6.18. The van der Waals surface area contributed by atoms with Crippen molar-refractivity contribution in [1.82, 2.24) is 4.98 Å². The monoisotopic (exact) mass is 181 g/mol. The molecule has 0 aliphatic rings. The Kier molecular flexibility index (Phi) is 2.75. The smallest absolute Gasteiger partial charge is 0.152 e. The van der Waals surface area contributed by atoms with Crippen molar-refractivity contribution in [2.75, 3.05) is 6.26 Å². The Morgan fingerprint density at radius 1 is 1.45 bits per heavy atom. The average Bonchev–Trinajstić information content (AvgIpc) is 2.46. The van der Waals surface area contributed by atoms with Crippen LogP contribution in [0.15, 0.2) is 17.5 Å². The minimum absolute atomic E-state index is 0.759. The fraction of sp³-hybridized carbons (Fsp3) is 0.125. The van der Waals surface area contributed by atoms with Crippen LogP contribution in [0.25, 0.3) is 11.5 Å². The van der Waals surface area contributed by atoms with E-state index in [1.807, 2.05) is 6.26 Å². The van der Waals surface area contributed by atoms with Gasteiger partial charge in [0.15, 0.2) is 4.34 Å². The van der Waals surface area contributed by atoms with Gasteiger partial charge in [0.25, 0.3) is 0 Å². The fourth-order valence-corrected chi connectivity index (χ4v) is 1.99. The summed E-state index contributed by atoms with van der Waals surface area (Å²) in [4.78, 5) is 4.22. The van der Waals surface area contributed by atoms with Crippen LogP contribution in [0.2, 0.25) is 0 Å². The van der Waals surface area contributed by atoms with Crippen molar-refractivity contribution in [3.8, 4) is 0 Å². The number of hydrogen-bond acceptors (Lipinski definition) is 3. The Balaban J connectivity index is 3.63. The predicted octanol–water partition coefficient (Wildman–Crippen LogP) is 0.996. The minimum atomic E-state index is 0.759. The highest BCUT2D eigenvalue weighted by atomic mass is 32.2. The van der Waals surface area contributed by atoms with Gasteiger partial charge in [0.1, 0.15) is 9.88 Å². The fourth-order valence-electron chi connectivity index (χ4n) is 0.627. The molecule has 1 nitrogen and oxygen atoms in total. The molecule has 0 aliphatic heterocycles. The van der Waals surface area contributed by atoms with E-state index in [1.165, 1.54) is 0 Å². The lowest BCUT2D eigenvalue weighted by molar-refractivity contribution is 1.19. The summed E-state index contributed by atoms with van der Waals surface area (Å²) in [5, 5.41) is 0.759. The summed E-state index contributed by atoms with van der Waals surface area (Å²) in [6.45, 7) is 7.08. The Labute approximate surface area is 73.5 Å². The minimum Gasteiger partial charge on any atom is -0.221 e. The first-order valence-electron chi connectivity index (χ1n) is 2.92. The van der Waals surface area contributed by atoms with Crippen molar-refractivity contribution >= 4 is 34.6 Å². The van der Waals surface area contributed by atoms with Crippen LogP contribution >= 0.6 is 23.1 Å². The number of nitrogens with zero attached hydrogens (tertiary/aromatic N) is 1. The van der Waals surface area contributed by atoms with Crippen molar-refractivity contribution in [3.05, 3.63) is 23.0 Å². The Morgan fingerprint density at radius 2 is 2.18 bits per heavy atom. The Bertz CT molecular complexity index is 368. The van der Waals surface area contributed by atoms with Crippen molar-refractivity contribution in [2.24, 2.45) is 0 Å². The quantitative estimate of drug-likeness (QED) is 0.599. The molecule has 1 rings (SSSR count). The SMILES string of the molecule is C=C=c1nc(SC)sc1=C=C. The van der Waals surface area contributed by atoms with Gasteiger partial charge >= 0.3 is 0 Å². The van der Waals surface area contributed by atoms with Crippen molar-refractivity contribution in [3.63, 3.8) is 0 Å². The Morgan fingerprint density at radius 3 is 2.55 bits per heavy atom. The van der Waals surface area contributed by atoms with Gasteiger partial charge in [0, 0.05) is 0 Å². The number of hydrogen-bond donors (Lipinski definition) is 0. The second kappa shape index (κ2) is 3.61. The van der Waals surface area contributed by atoms with Gasteiger partial charge in [0.2, 0.25) is 0 Å². The lowest BCUT2D eigenvalue weighted by atomic mass is 10.6. The first-order chi connectivity index (χ1) is 5.31. The van der Waals surface area contributed by atoms with E-state index >= 15 is 0 Å². The molecule has 56 valence electrons. The van der Waals surface area contributed by atoms with E-state index < -0.39 is 0 Å². The normalized spacial score (nSPS) is 8.82. The summed E-state index contributed by atoms with van der Waals surface area (Å²) in [5.74, 6) is 0. The summed E-state index contributed by atoms with van der Waals surface area (Å²) in [6.07, 6.45) is 1.98.